The molecule has 12 rings (SSSR count). The number of aromatic nitrogens is 1. The smallest absolute Gasteiger partial charge is 0.252 e. The molecule has 0 aliphatic carbocycles. The molecule has 0 amide bonds. The molecule has 0 saturated heterocycles. The zero-order valence-electron chi connectivity index (χ0n) is 49.6. The van der Waals surface area contributed by atoms with E-state index < -0.39 is 0 Å². The maximum absolute atomic E-state index is 6.61. The minimum atomic E-state index is -0.191. The van der Waals surface area contributed by atoms with Gasteiger partial charge in [-0.25, -0.2) is 0 Å². The molecule has 2 aromatic heterocycles. The lowest BCUT2D eigenvalue weighted by Crippen LogP contribution is -2.61. The van der Waals surface area contributed by atoms with Gasteiger partial charge in [0.05, 0.1) is 22.4 Å². The number of hydrogen-bond acceptors (Lipinski definition) is 3. The topological polar surface area (TPSA) is 24.6 Å². The number of fused-ring (bicyclic) bond motifs is 8. The van der Waals surface area contributed by atoms with Gasteiger partial charge in [0.25, 0.3) is 6.71 Å². The van der Waals surface area contributed by atoms with Gasteiger partial charge in [-0.3, -0.25) is 0 Å². The average Bonchev–Trinajstić information content (AvgIpc) is 4.00. The summed E-state index contributed by atoms with van der Waals surface area (Å²) in [5.74, 6) is 0. The minimum Gasteiger partial charge on any atom is -0.455 e. The van der Waals surface area contributed by atoms with Gasteiger partial charge in [-0.05, 0) is 183 Å². The van der Waals surface area contributed by atoms with Crippen molar-refractivity contribution in [3.05, 3.63) is 213 Å². The Bertz CT molecular complexity index is 4280. The second kappa shape index (κ2) is 17.9. The van der Waals surface area contributed by atoms with Crippen molar-refractivity contribution < 1.29 is 4.42 Å². The van der Waals surface area contributed by atoms with E-state index in [-0.39, 0.29) is 28.4 Å². The first-order valence-corrected chi connectivity index (χ1v) is 28.4. The summed E-state index contributed by atoms with van der Waals surface area (Å²) in [6, 6.07) is 53.5. The third-order valence-electron chi connectivity index (χ3n) is 17.3. The first-order chi connectivity index (χ1) is 37.2. The minimum absolute atomic E-state index is 0.00402. The molecule has 8 aromatic carbocycles. The second-order valence-corrected chi connectivity index (χ2v) is 27.1. The number of para-hydroxylation sites is 2. The fourth-order valence-electron chi connectivity index (χ4n) is 13.1. The summed E-state index contributed by atoms with van der Waals surface area (Å²) in [4.78, 5) is 5.31. The molecule has 0 bridgehead atoms. The van der Waals surface area contributed by atoms with Crippen LogP contribution in [0.3, 0.4) is 0 Å². The fourth-order valence-corrected chi connectivity index (χ4v) is 13.1. The van der Waals surface area contributed by atoms with Gasteiger partial charge in [-0.2, -0.15) is 0 Å². The van der Waals surface area contributed by atoms with Gasteiger partial charge in [0, 0.05) is 55.4 Å². The molecule has 5 heteroatoms. The van der Waals surface area contributed by atoms with Crippen LogP contribution in [-0.4, -0.2) is 11.3 Å². The van der Waals surface area contributed by atoms with Crippen LogP contribution in [0.25, 0.3) is 50.6 Å². The third kappa shape index (κ3) is 8.24. The Morgan fingerprint density at radius 2 is 0.975 bits per heavy atom. The van der Waals surface area contributed by atoms with E-state index in [1.54, 1.807) is 0 Å². The van der Waals surface area contributed by atoms with Crippen molar-refractivity contribution >= 4 is 102 Å². The second-order valence-electron chi connectivity index (χ2n) is 27.1. The standard InChI is InChI=1S/C74H76BN3O/c1-19-54(70-47(6)55-27-23-24-28-66(55)79-70)48-33-43(2)68(44(3)34-48)78-63-42-62-57(56-37-49(71(7,8)9)29-31-60(56)76(62)53-25-21-20-22-26-53)41-59(63)75-58-38-50(72(10,11)12)30-32-61(58)77(64-39-52(74(16,17)18)40-65(78)67(64)75)69-45(4)35-51(36-46(69)5)73(13,14)15/h19-42H,1,6H2,2-5,7-18H3/b70-54-. The molecule has 79 heavy (non-hydrogen) atoms. The molecular weight excluding hydrogens is 958 g/mol. The molecule has 0 atom stereocenters. The summed E-state index contributed by atoms with van der Waals surface area (Å²) in [7, 11) is 0. The van der Waals surface area contributed by atoms with E-state index in [9.17, 15) is 0 Å². The van der Waals surface area contributed by atoms with Gasteiger partial charge in [0.1, 0.15) is 11.0 Å². The number of hydrogen-bond donors (Lipinski definition) is 0. The van der Waals surface area contributed by atoms with Gasteiger partial charge in [0.2, 0.25) is 0 Å². The van der Waals surface area contributed by atoms with Crippen molar-refractivity contribution in [2.45, 2.75) is 132 Å². The summed E-state index contributed by atoms with van der Waals surface area (Å²) < 4.78 is 9.11. The van der Waals surface area contributed by atoms with Crippen molar-refractivity contribution in [1.29, 1.82) is 0 Å². The molecule has 0 radical (unpaired) electrons. The van der Waals surface area contributed by atoms with E-state index >= 15 is 0 Å². The van der Waals surface area contributed by atoms with E-state index in [1.807, 2.05) is 24.3 Å². The monoisotopic (exact) mass is 1030 g/mol. The van der Waals surface area contributed by atoms with Crippen LogP contribution in [0.1, 0.15) is 133 Å². The van der Waals surface area contributed by atoms with Crippen molar-refractivity contribution in [1.82, 2.24) is 4.57 Å². The lowest BCUT2D eigenvalue weighted by atomic mass is 9.33. The molecule has 10 aromatic rings. The SMILES string of the molecule is C=C/C(c1cc(C)c(N2c3cc4c(cc3B3c5cc(C(C)(C)C)ccc5N(c5c(C)cc(C(C)(C)C)cc5C)c5cc(C(C)(C)C)cc2c53)c2cc(C(C)(C)C)ccc2n4-c2ccccc2)c(C)c1)=c1/oc2ccccc2c1=C. The summed E-state index contributed by atoms with van der Waals surface area (Å²) in [5.41, 5.74) is 28.1. The number of allylic oxidation sites excluding steroid dienone is 1. The Morgan fingerprint density at radius 1 is 0.468 bits per heavy atom. The van der Waals surface area contributed by atoms with Crippen LogP contribution < -0.4 is 36.8 Å². The third-order valence-corrected chi connectivity index (χ3v) is 17.3. The van der Waals surface area contributed by atoms with Crippen molar-refractivity contribution in [3.63, 3.8) is 0 Å². The van der Waals surface area contributed by atoms with Gasteiger partial charge < -0.3 is 18.8 Å². The molecule has 4 nitrogen and oxygen atoms in total. The predicted molar refractivity (Wildman–Crippen MR) is 342 cm³/mol. The molecule has 2 aliphatic heterocycles. The van der Waals surface area contributed by atoms with Gasteiger partial charge in [0.15, 0.2) is 0 Å². The van der Waals surface area contributed by atoms with E-state index in [0.717, 1.165) is 49.6 Å². The van der Waals surface area contributed by atoms with Crippen LogP contribution in [-0.2, 0) is 21.7 Å². The lowest BCUT2D eigenvalue weighted by molar-refractivity contribution is 0.573. The zero-order valence-corrected chi connectivity index (χ0v) is 49.6. The van der Waals surface area contributed by atoms with E-state index in [4.69, 9.17) is 4.42 Å². The highest BCUT2D eigenvalue weighted by atomic mass is 16.3. The molecular formula is C74H76BN3O. The van der Waals surface area contributed by atoms with Crippen LogP contribution >= 0.6 is 0 Å². The summed E-state index contributed by atoms with van der Waals surface area (Å²) in [6.07, 6.45) is 1.93. The van der Waals surface area contributed by atoms with E-state index in [0.29, 0.717) is 0 Å². The van der Waals surface area contributed by atoms with Crippen LogP contribution in [0.2, 0.25) is 0 Å². The lowest BCUT2D eigenvalue weighted by Gasteiger charge is -2.46. The summed E-state index contributed by atoms with van der Waals surface area (Å²) in [6.45, 7) is 46.2. The fraction of sp³-hybridized carbons (Fsp3) is 0.270. The number of furan rings is 1. The van der Waals surface area contributed by atoms with Crippen LogP contribution in [0, 0.1) is 27.7 Å². The Morgan fingerprint density at radius 3 is 1.56 bits per heavy atom. The van der Waals surface area contributed by atoms with Crippen molar-refractivity contribution in [2.75, 3.05) is 9.80 Å². The molecule has 0 unspecified atom stereocenters. The summed E-state index contributed by atoms with van der Waals surface area (Å²) >= 11 is 0. The Labute approximate surface area is 469 Å². The molecule has 0 spiro atoms. The van der Waals surface area contributed by atoms with Gasteiger partial charge in [-0.15, -0.1) is 0 Å². The predicted octanol–water partition coefficient (Wildman–Crippen LogP) is 16.8. The largest absolute Gasteiger partial charge is 0.455 e. The number of rotatable bonds is 5. The highest BCUT2D eigenvalue weighted by Gasteiger charge is 2.46. The molecule has 0 N–H and O–H groups in total. The van der Waals surface area contributed by atoms with Crippen LogP contribution in [0.4, 0.5) is 34.1 Å². The molecule has 396 valence electrons. The maximum Gasteiger partial charge on any atom is 0.252 e. The molecule has 4 heterocycles. The highest BCUT2D eigenvalue weighted by molar-refractivity contribution is 7.00. The normalized spacial score (nSPS) is 14.1. The van der Waals surface area contributed by atoms with Gasteiger partial charge in [-0.1, -0.05) is 175 Å². The quantitative estimate of drug-likeness (QED) is 0.161. The number of benzene rings is 8. The maximum atomic E-state index is 6.61. The highest BCUT2D eigenvalue weighted by Crippen LogP contribution is 2.51. The Balaban J connectivity index is 1.25. The van der Waals surface area contributed by atoms with Gasteiger partial charge >= 0.3 is 0 Å². The number of nitrogens with zero attached hydrogens (tertiary/aromatic N) is 3. The molecule has 0 fully saturated rings. The summed E-state index contributed by atoms with van der Waals surface area (Å²) in [5, 5.41) is 4.40. The average molecular weight is 1030 g/mol. The van der Waals surface area contributed by atoms with Crippen molar-refractivity contribution in [2.24, 2.45) is 0 Å². The van der Waals surface area contributed by atoms with E-state index in [2.05, 4.69) is 260 Å². The van der Waals surface area contributed by atoms with E-state index in [1.165, 1.54) is 106 Å². The first-order valence-electron chi connectivity index (χ1n) is 28.4. The van der Waals surface area contributed by atoms with Crippen molar-refractivity contribution in [3.8, 4) is 5.69 Å². The zero-order chi connectivity index (χ0) is 56.2. The van der Waals surface area contributed by atoms with Crippen LogP contribution in [0.5, 0.6) is 0 Å². The van der Waals surface area contributed by atoms with Crippen LogP contribution in [0.15, 0.2) is 157 Å². The number of aryl methyl sites for hydroxylation is 4. The first kappa shape index (κ1) is 52.0. The number of anilines is 6. The Hall–Kier alpha value is -7.76. The molecule has 0 saturated carbocycles. The molecule has 2 aliphatic rings. The Kier molecular flexibility index (Phi) is 11.8.